The van der Waals surface area contributed by atoms with Crippen molar-refractivity contribution in [1.29, 1.82) is 0 Å². The SMILES string of the molecule is CCCOc1ccccc1-c1ccc(C(=O)O)c(CCc2cc(Cl)cc(Cl)c2)n1. The molecule has 0 aliphatic rings. The van der Waals surface area contributed by atoms with Crippen LogP contribution in [0.3, 0.4) is 0 Å². The number of aromatic carboxylic acids is 1. The summed E-state index contributed by atoms with van der Waals surface area (Å²) in [6.07, 6.45) is 1.92. The molecule has 0 aliphatic heterocycles. The fourth-order valence-corrected chi connectivity index (χ4v) is 3.64. The predicted molar refractivity (Wildman–Crippen MR) is 116 cm³/mol. The van der Waals surface area contributed by atoms with Crippen LogP contribution >= 0.6 is 23.2 Å². The summed E-state index contributed by atoms with van der Waals surface area (Å²) in [6.45, 7) is 2.65. The van der Waals surface area contributed by atoms with Gasteiger partial charge in [0.05, 0.1) is 23.6 Å². The van der Waals surface area contributed by atoms with Crippen molar-refractivity contribution >= 4 is 29.2 Å². The van der Waals surface area contributed by atoms with E-state index in [1.807, 2.05) is 43.3 Å². The lowest BCUT2D eigenvalue weighted by molar-refractivity contribution is 0.0695. The molecule has 0 saturated carbocycles. The molecule has 150 valence electrons. The summed E-state index contributed by atoms with van der Waals surface area (Å²) < 4.78 is 5.83. The zero-order valence-corrected chi connectivity index (χ0v) is 17.5. The molecular weight excluding hydrogens is 409 g/mol. The third-order valence-electron chi connectivity index (χ3n) is 4.40. The Kier molecular flexibility index (Phi) is 7.13. The number of nitrogens with zero attached hydrogens (tertiary/aromatic N) is 1. The smallest absolute Gasteiger partial charge is 0.337 e. The van der Waals surface area contributed by atoms with E-state index in [4.69, 9.17) is 27.9 Å². The summed E-state index contributed by atoms with van der Waals surface area (Å²) in [5.41, 5.74) is 3.15. The average Bonchev–Trinajstić information content (AvgIpc) is 2.70. The van der Waals surface area contributed by atoms with Crippen LogP contribution in [-0.4, -0.2) is 22.7 Å². The number of halogens is 2. The van der Waals surface area contributed by atoms with Gasteiger partial charge in [0.2, 0.25) is 0 Å². The van der Waals surface area contributed by atoms with Gasteiger partial charge in [0.1, 0.15) is 5.75 Å². The Morgan fingerprint density at radius 3 is 2.45 bits per heavy atom. The third kappa shape index (κ3) is 5.49. The summed E-state index contributed by atoms with van der Waals surface area (Å²) in [5, 5.41) is 10.7. The van der Waals surface area contributed by atoms with Crippen molar-refractivity contribution in [2.24, 2.45) is 0 Å². The highest BCUT2D eigenvalue weighted by Gasteiger charge is 2.15. The molecule has 0 radical (unpaired) electrons. The van der Waals surface area contributed by atoms with Gasteiger partial charge in [-0.2, -0.15) is 0 Å². The van der Waals surface area contributed by atoms with Crippen molar-refractivity contribution in [2.45, 2.75) is 26.2 Å². The number of pyridine rings is 1. The van der Waals surface area contributed by atoms with Crippen LogP contribution in [-0.2, 0) is 12.8 Å². The first-order valence-electron chi connectivity index (χ1n) is 9.38. The molecule has 0 spiro atoms. The van der Waals surface area contributed by atoms with E-state index >= 15 is 0 Å². The number of rotatable bonds is 8. The minimum absolute atomic E-state index is 0.189. The van der Waals surface area contributed by atoms with Crippen molar-refractivity contribution in [3.05, 3.63) is 81.5 Å². The zero-order valence-electron chi connectivity index (χ0n) is 16.0. The number of hydrogen-bond acceptors (Lipinski definition) is 3. The molecule has 3 rings (SSSR count). The van der Waals surface area contributed by atoms with Crippen molar-refractivity contribution in [3.63, 3.8) is 0 Å². The fraction of sp³-hybridized carbons (Fsp3) is 0.217. The highest BCUT2D eigenvalue weighted by atomic mass is 35.5. The predicted octanol–water partition coefficient (Wildman–Crippen LogP) is 6.33. The van der Waals surface area contributed by atoms with Crippen LogP contribution in [0.1, 0.15) is 35.0 Å². The van der Waals surface area contributed by atoms with Crippen molar-refractivity contribution in [1.82, 2.24) is 4.98 Å². The summed E-state index contributed by atoms with van der Waals surface area (Å²) in [4.78, 5) is 16.4. The maximum Gasteiger partial charge on any atom is 0.337 e. The second kappa shape index (κ2) is 9.77. The van der Waals surface area contributed by atoms with Gasteiger partial charge in [-0.15, -0.1) is 0 Å². The van der Waals surface area contributed by atoms with Gasteiger partial charge in [-0.05, 0) is 67.3 Å². The van der Waals surface area contributed by atoms with E-state index in [1.54, 1.807) is 18.2 Å². The molecule has 0 atom stereocenters. The quantitative estimate of drug-likeness (QED) is 0.454. The molecule has 0 aliphatic carbocycles. The summed E-state index contributed by atoms with van der Waals surface area (Å²) >= 11 is 12.1. The monoisotopic (exact) mass is 429 g/mol. The van der Waals surface area contributed by atoms with E-state index in [0.717, 1.165) is 23.3 Å². The second-order valence-electron chi connectivity index (χ2n) is 6.62. The summed E-state index contributed by atoms with van der Waals surface area (Å²) in [7, 11) is 0. The number of aryl methyl sites for hydroxylation is 2. The first kappa shape index (κ1) is 21.2. The van der Waals surface area contributed by atoms with E-state index in [2.05, 4.69) is 4.98 Å². The van der Waals surface area contributed by atoms with Gasteiger partial charge >= 0.3 is 5.97 Å². The first-order valence-corrected chi connectivity index (χ1v) is 10.1. The van der Waals surface area contributed by atoms with Crippen LogP contribution in [0.25, 0.3) is 11.3 Å². The van der Waals surface area contributed by atoms with Gasteiger partial charge in [0.15, 0.2) is 0 Å². The highest BCUT2D eigenvalue weighted by molar-refractivity contribution is 6.34. The first-order chi connectivity index (χ1) is 14.0. The molecule has 3 aromatic rings. The topological polar surface area (TPSA) is 59.4 Å². The Bertz CT molecular complexity index is 1000. The van der Waals surface area contributed by atoms with Crippen LogP contribution in [0.15, 0.2) is 54.6 Å². The van der Waals surface area contributed by atoms with Crippen LogP contribution in [0.5, 0.6) is 5.75 Å². The van der Waals surface area contributed by atoms with E-state index in [0.29, 0.717) is 40.9 Å². The standard InChI is InChI=1S/C23H21Cl2NO3/c1-2-11-29-22-6-4-3-5-18(22)20-10-8-19(23(27)28)21(26-20)9-7-15-12-16(24)14-17(25)13-15/h3-6,8,10,12-14H,2,7,9,11H2,1H3,(H,27,28). The molecule has 1 aromatic heterocycles. The molecule has 4 nitrogen and oxygen atoms in total. The largest absolute Gasteiger partial charge is 0.493 e. The maximum atomic E-state index is 11.7. The highest BCUT2D eigenvalue weighted by Crippen LogP contribution is 2.30. The Labute approximate surface area is 180 Å². The summed E-state index contributed by atoms with van der Waals surface area (Å²) in [6, 6.07) is 16.3. The minimum Gasteiger partial charge on any atom is -0.493 e. The second-order valence-corrected chi connectivity index (χ2v) is 7.49. The molecule has 1 N–H and O–H groups in total. The molecule has 6 heteroatoms. The normalized spacial score (nSPS) is 10.7. The van der Waals surface area contributed by atoms with Crippen LogP contribution in [0.2, 0.25) is 10.0 Å². The van der Waals surface area contributed by atoms with E-state index in [9.17, 15) is 9.90 Å². The number of carbonyl (C=O) groups is 1. The van der Waals surface area contributed by atoms with Crippen LogP contribution in [0.4, 0.5) is 0 Å². The number of hydrogen-bond donors (Lipinski definition) is 1. The molecular formula is C23H21Cl2NO3. The van der Waals surface area contributed by atoms with E-state index in [1.165, 1.54) is 0 Å². The molecule has 29 heavy (non-hydrogen) atoms. The zero-order chi connectivity index (χ0) is 20.8. The fourth-order valence-electron chi connectivity index (χ4n) is 3.07. The molecule has 0 amide bonds. The van der Waals surface area contributed by atoms with Crippen LogP contribution in [0, 0.1) is 0 Å². The van der Waals surface area contributed by atoms with Crippen molar-refractivity contribution in [3.8, 4) is 17.0 Å². The van der Waals surface area contributed by atoms with Gasteiger partial charge in [0.25, 0.3) is 0 Å². The lowest BCUT2D eigenvalue weighted by Gasteiger charge is -2.13. The van der Waals surface area contributed by atoms with Gasteiger partial charge in [-0.25, -0.2) is 4.79 Å². The Morgan fingerprint density at radius 1 is 1.03 bits per heavy atom. The van der Waals surface area contributed by atoms with E-state index < -0.39 is 5.97 Å². The van der Waals surface area contributed by atoms with Crippen molar-refractivity contribution in [2.75, 3.05) is 6.61 Å². The minimum atomic E-state index is -1.00. The molecule has 0 fully saturated rings. The van der Waals surface area contributed by atoms with Gasteiger partial charge in [0, 0.05) is 15.6 Å². The Balaban J connectivity index is 1.93. The summed E-state index contributed by atoms with van der Waals surface area (Å²) in [5.74, 6) is -0.267. The number of para-hydroxylation sites is 1. The van der Waals surface area contributed by atoms with E-state index in [-0.39, 0.29) is 5.56 Å². The molecule has 0 saturated heterocycles. The van der Waals surface area contributed by atoms with Gasteiger partial charge < -0.3 is 9.84 Å². The molecule has 0 unspecified atom stereocenters. The Hall–Kier alpha value is -2.56. The third-order valence-corrected chi connectivity index (χ3v) is 4.84. The van der Waals surface area contributed by atoms with Gasteiger partial charge in [-0.3, -0.25) is 4.98 Å². The lowest BCUT2D eigenvalue weighted by atomic mass is 10.0. The maximum absolute atomic E-state index is 11.7. The van der Waals surface area contributed by atoms with Crippen LogP contribution < -0.4 is 4.74 Å². The number of carboxylic acid groups (broad SMARTS) is 1. The van der Waals surface area contributed by atoms with Gasteiger partial charge in [-0.1, -0.05) is 42.3 Å². The number of benzene rings is 2. The number of aromatic nitrogens is 1. The van der Waals surface area contributed by atoms with Crippen molar-refractivity contribution < 1.29 is 14.6 Å². The number of carboxylic acids is 1. The molecule has 1 heterocycles. The molecule has 2 aromatic carbocycles. The Morgan fingerprint density at radius 2 is 1.76 bits per heavy atom. The average molecular weight is 430 g/mol. The molecule has 0 bridgehead atoms. The lowest BCUT2D eigenvalue weighted by Crippen LogP contribution is -2.07. The number of ether oxygens (including phenoxy) is 1.